The van der Waals surface area contributed by atoms with E-state index in [9.17, 15) is 13.2 Å². The number of nitrogens with zero attached hydrogens (tertiary/aromatic N) is 2. The molecule has 7 nitrogen and oxygen atoms in total. The largest absolute Gasteiger partial charge is 0.360 e. The molecular weight excluding hydrogens is 330 g/mol. The Balaban J connectivity index is 1.77. The van der Waals surface area contributed by atoms with Gasteiger partial charge >= 0.3 is 0 Å². The number of benzene rings is 1. The topological polar surface area (TPSA) is 92.5 Å². The number of carbonyl (C=O) groups excluding carboxylic acids is 1. The van der Waals surface area contributed by atoms with E-state index in [0.717, 1.165) is 17.5 Å². The molecule has 1 aliphatic heterocycles. The van der Waals surface area contributed by atoms with Gasteiger partial charge in [-0.2, -0.15) is 0 Å². The van der Waals surface area contributed by atoms with Gasteiger partial charge in [-0.3, -0.25) is 4.79 Å². The van der Waals surface area contributed by atoms with Gasteiger partial charge in [-0.25, -0.2) is 13.1 Å². The summed E-state index contributed by atoms with van der Waals surface area (Å²) in [5.41, 5.74) is 2.06. The standard InChI is InChI=1S/C16H19N3O4S/c1-12(20)19-8-5-13-2-3-16(10-14(13)6-9-19)24(21,22)18-11-15-4-7-17-23-15/h2-4,7,10,18H,5-6,8-9,11H2,1H3. The van der Waals surface area contributed by atoms with Gasteiger partial charge in [0.15, 0.2) is 5.76 Å². The van der Waals surface area contributed by atoms with E-state index in [1.54, 1.807) is 30.0 Å². The Kier molecular flexibility index (Phi) is 4.68. The normalized spacial score (nSPS) is 15.0. The molecule has 1 amide bonds. The van der Waals surface area contributed by atoms with Crippen molar-refractivity contribution in [2.45, 2.75) is 31.2 Å². The molecule has 0 unspecified atom stereocenters. The summed E-state index contributed by atoms with van der Waals surface area (Å²) < 4.78 is 32.3. The third kappa shape index (κ3) is 3.65. The van der Waals surface area contributed by atoms with Gasteiger partial charge in [0.2, 0.25) is 15.9 Å². The third-order valence-electron chi connectivity index (χ3n) is 4.16. The zero-order chi connectivity index (χ0) is 17.2. The fourth-order valence-electron chi connectivity index (χ4n) is 2.77. The minimum Gasteiger partial charge on any atom is -0.360 e. The number of amides is 1. The van der Waals surface area contributed by atoms with E-state index in [0.29, 0.717) is 25.3 Å². The van der Waals surface area contributed by atoms with Crippen LogP contribution in [-0.4, -0.2) is 37.5 Å². The maximum absolute atomic E-state index is 12.4. The zero-order valence-electron chi connectivity index (χ0n) is 13.4. The molecule has 0 radical (unpaired) electrons. The van der Waals surface area contributed by atoms with Crippen molar-refractivity contribution < 1.29 is 17.7 Å². The quantitative estimate of drug-likeness (QED) is 0.892. The van der Waals surface area contributed by atoms with Gasteiger partial charge in [0.25, 0.3) is 0 Å². The van der Waals surface area contributed by atoms with Crippen molar-refractivity contribution in [3.05, 3.63) is 47.3 Å². The maximum Gasteiger partial charge on any atom is 0.240 e. The van der Waals surface area contributed by atoms with Crippen LogP contribution in [0.4, 0.5) is 0 Å². The predicted molar refractivity (Wildman–Crippen MR) is 86.6 cm³/mol. The van der Waals surface area contributed by atoms with E-state index in [4.69, 9.17) is 4.52 Å². The van der Waals surface area contributed by atoms with Crippen LogP contribution < -0.4 is 4.72 Å². The lowest BCUT2D eigenvalue weighted by atomic mass is 10.0. The molecular formula is C16H19N3O4S. The molecule has 8 heteroatoms. The highest BCUT2D eigenvalue weighted by Gasteiger charge is 2.20. The van der Waals surface area contributed by atoms with Crippen LogP contribution in [0.15, 0.2) is 39.9 Å². The van der Waals surface area contributed by atoms with E-state index in [2.05, 4.69) is 9.88 Å². The smallest absolute Gasteiger partial charge is 0.240 e. The highest BCUT2D eigenvalue weighted by molar-refractivity contribution is 7.89. The average molecular weight is 349 g/mol. The molecule has 0 atom stereocenters. The minimum absolute atomic E-state index is 0.0457. The Morgan fingerprint density at radius 2 is 2.00 bits per heavy atom. The van der Waals surface area contributed by atoms with Crippen molar-refractivity contribution in [1.82, 2.24) is 14.8 Å². The molecule has 128 valence electrons. The Bertz CT molecular complexity index is 831. The second kappa shape index (κ2) is 6.74. The average Bonchev–Trinajstić information content (AvgIpc) is 2.97. The van der Waals surface area contributed by atoms with Crippen molar-refractivity contribution in [2.75, 3.05) is 13.1 Å². The maximum atomic E-state index is 12.4. The monoisotopic (exact) mass is 349 g/mol. The second-order valence-corrected chi connectivity index (χ2v) is 7.51. The van der Waals surface area contributed by atoms with Crippen molar-refractivity contribution >= 4 is 15.9 Å². The van der Waals surface area contributed by atoms with E-state index < -0.39 is 10.0 Å². The van der Waals surface area contributed by atoms with Crippen LogP contribution in [0, 0.1) is 0 Å². The van der Waals surface area contributed by atoms with Crippen LogP contribution in [0.5, 0.6) is 0 Å². The SMILES string of the molecule is CC(=O)N1CCc2ccc(S(=O)(=O)NCc3ccno3)cc2CC1. The molecule has 1 aromatic carbocycles. The van der Waals surface area contributed by atoms with Gasteiger partial charge in [-0.1, -0.05) is 11.2 Å². The number of hydrogen-bond acceptors (Lipinski definition) is 5. The molecule has 1 N–H and O–H groups in total. The van der Waals surface area contributed by atoms with E-state index in [-0.39, 0.29) is 17.3 Å². The molecule has 0 bridgehead atoms. The molecule has 0 spiro atoms. The summed E-state index contributed by atoms with van der Waals surface area (Å²) in [6.45, 7) is 2.88. The summed E-state index contributed by atoms with van der Waals surface area (Å²) in [7, 11) is -3.63. The number of rotatable bonds is 4. The first-order valence-electron chi connectivity index (χ1n) is 7.72. The summed E-state index contributed by atoms with van der Waals surface area (Å²) in [6, 6.07) is 6.74. The van der Waals surface area contributed by atoms with Gasteiger partial charge < -0.3 is 9.42 Å². The van der Waals surface area contributed by atoms with Crippen LogP contribution in [0.3, 0.4) is 0 Å². The summed E-state index contributed by atoms with van der Waals surface area (Å²) in [6.07, 6.45) is 2.86. The fourth-order valence-corrected chi connectivity index (χ4v) is 3.81. The Morgan fingerprint density at radius 3 is 2.67 bits per heavy atom. The van der Waals surface area contributed by atoms with Gasteiger partial charge in [0.1, 0.15) is 0 Å². The highest BCUT2D eigenvalue weighted by Crippen LogP contribution is 2.20. The Labute approximate surface area is 140 Å². The number of nitrogens with one attached hydrogen (secondary N) is 1. The predicted octanol–water partition coefficient (Wildman–Crippen LogP) is 1.10. The van der Waals surface area contributed by atoms with Crippen molar-refractivity contribution in [1.29, 1.82) is 0 Å². The molecule has 2 heterocycles. The summed E-state index contributed by atoms with van der Waals surface area (Å²) in [5, 5.41) is 3.54. The van der Waals surface area contributed by atoms with Crippen molar-refractivity contribution in [2.24, 2.45) is 0 Å². The highest BCUT2D eigenvalue weighted by atomic mass is 32.2. The van der Waals surface area contributed by atoms with E-state index in [1.807, 2.05) is 6.07 Å². The van der Waals surface area contributed by atoms with Crippen LogP contribution in [0.1, 0.15) is 23.8 Å². The fraction of sp³-hybridized carbons (Fsp3) is 0.375. The first-order valence-corrected chi connectivity index (χ1v) is 9.20. The first kappa shape index (κ1) is 16.7. The third-order valence-corrected chi connectivity index (χ3v) is 5.56. The molecule has 0 aliphatic carbocycles. The molecule has 24 heavy (non-hydrogen) atoms. The molecule has 3 rings (SSSR count). The minimum atomic E-state index is -3.63. The van der Waals surface area contributed by atoms with Crippen LogP contribution in [0.25, 0.3) is 0 Å². The van der Waals surface area contributed by atoms with Gasteiger partial charge in [-0.15, -0.1) is 0 Å². The molecule has 1 aromatic heterocycles. The zero-order valence-corrected chi connectivity index (χ0v) is 14.2. The number of carbonyl (C=O) groups is 1. The number of hydrogen-bond donors (Lipinski definition) is 1. The lowest BCUT2D eigenvalue weighted by Gasteiger charge is -2.17. The lowest BCUT2D eigenvalue weighted by Crippen LogP contribution is -2.30. The lowest BCUT2D eigenvalue weighted by molar-refractivity contribution is -0.128. The molecule has 2 aromatic rings. The number of fused-ring (bicyclic) bond motifs is 1. The Morgan fingerprint density at radius 1 is 1.25 bits per heavy atom. The van der Waals surface area contributed by atoms with Gasteiger partial charge in [0.05, 0.1) is 17.6 Å². The number of sulfonamides is 1. The van der Waals surface area contributed by atoms with E-state index >= 15 is 0 Å². The number of aromatic nitrogens is 1. The Hall–Kier alpha value is -2.19. The molecule has 0 saturated carbocycles. The van der Waals surface area contributed by atoms with Crippen LogP contribution >= 0.6 is 0 Å². The summed E-state index contributed by atoms with van der Waals surface area (Å²) in [4.78, 5) is 13.5. The summed E-state index contributed by atoms with van der Waals surface area (Å²) >= 11 is 0. The van der Waals surface area contributed by atoms with Gasteiger partial charge in [-0.05, 0) is 36.1 Å². The summed E-state index contributed by atoms with van der Waals surface area (Å²) in [5.74, 6) is 0.495. The van der Waals surface area contributed by atoms with E-state index in [1.165, 1.54) is 6.20 Å². The first-order chi connectivity index (χ1) is 11.5. The van der Waals surface area contributed by atoms with Crippen molar-refractivity contribution in [3.63, 3.8) is 0 Å². The van der Waals surface area contributed by atoms with Gasteiger partial charge in [0, 0.05) is 26.1 Å². The molecule has 1 aliphatic rings. The van der Waals surface area contributed by atoms with Crippen LogP contribution in [-0.2, 0) is 34.2 Å². The second-order valence-electron chi connectivity index (χ2n) is 5.74. The molecule has 0 saturated heterocycles. The van der Waals surface area contributed by atoms with Crippen LogP contribution in [0.2, 0.25) is 0 Å². The molecule has 0 fully saturated rings. The van der Waals surface area contributed by atoms with Crippen molar-refractivity contribution in [3.8, 4) is 0 Å².